The van der Waals surface area contributed by atoms with Crippen molar-refractivity contribution in [3.8, 4) is 0 Å². The Kier molecular flexibility index (Phi) is 7.58. The van der Waals surface area contributed by atoms with Gasteiger partial charge in [-0.2, -0.15) is 13.2 Å². The molecule has 0 saturated carbocycles. The summed E-state index contributed by atoms with van der Waals surface area (Å²) in [6.45, 7) is 3.88. The maximum Gasteiger partial charge on any atom is 0.390 e. The van der Waals surface area contributed by atoms with Gasteiger partial charge in [0.1, 0.15) is 0 Å². The molecule has 4 nitrogen and oxygen atoms in total. The van der Waals surface area contributed by atoms with Gasteiger partial charge in [0.05, 0.1) is 13.0 Å². The molecule has 146 valence electrons. The zero-order valence-corrected chi connectivity index (χ0v) is 15.6. The Hall–Kier alpha value is -1.47. The highest BCUT2D eigenvalue weighted by Crippen LogP contribution is 2.38. The zero-order valence-electron chi connectivity index (χ0n) is 14.8. The number of nitrogens with zero attached hydrogens (tertiary/aromatic N) is 1. The van der Waals surface area contributed by atoms with Gasteiger partial charge in [0.15, 0.2) is 5.96 Å². The van der Waals surface area contributed by atoms with E-state index in [9.17, 15) is 13.2 Å². The van der Waals surface area contributed by atoms with E-state index in [-0.39, 0.29) is 12.0 Å². The SMILES string of the molecule is CCNC(=NCC1(c2ccccc2Cl)CCOCC1)NCCC(F)(F)F. The molecule has 0 bridgehead atoms. The summed E-state index contributed by atoms with van der Waals surface area (Å²) < 4.78 is 42.6. The first-order valence-electron chi connectivity index (χ1n) is 8.78. The second-order valence-electron chi connectivity index (χ2n) is 6.36. The van der Waals surface area contributed by atoms with Crippen LogP contribution in [0.5, 0.6) is 0 Å². The molecule has 1 aliphatic heterocycles. The number of benzene rings is 1. The van der Waals surface area contributed by atoms with Crippen LogP contribution < -0.4 is 10.6 Å². The van der Waals surface area contributed by atoms with E-state index < -0.39 is 12.6 Å². The fraction of sp³-hybridized carbons (Fsp3) is 0.611. The Balaban J connectivity index is 2.15. The van der Waals surface area contributed by atoms with E-state index in [1.54, 1.807) is 0 Å². The molecule has 0 spiro atoms. The molecule has 1 aliphatic rings. The number of hydrogen-bond acceptors (Lipinski definition) is 2. The average Bonchev–Trinajstić information content (AvgIpc) is 2.60. The van der Waals surface area contributed by atoms with Gasteiger partial charge >= 0.3 is 6.18 Å². The van der Waals surface area contributed by atoms with Crippen LogP contribution in [0.15, 0.2) is 29.3 Å². The highest BCUT2D eigenvalue weighted by Gasteiger charge is 2.36. The molecular formula is C18H25ClF3N3O. The van der Waals surface area contributed by atoms with Gasteiger partial charge < -0.3 is 15.4 Å². The maximum absolute atomic E-state index is 12.4. The standard InChI is InChI=1S/C18H25ClF3N3O/c1-2-23-16(24-10-7-18(20,21)22)25-13-17(8-11-26-12-9-17)14-5-3-4-6-15(14)19/h3-6H,2,7-13H2,1H3,(H2,23,24,25). The average molecular weight is 392 g/mol. The molecule has 1 saturated heterocycles. The van der Waals surface area contributed by atoms with Gasteiger partial charge in [0.2, 0.25) is 0 Å². The van der Waals surface area contributed by atoms with Crippen molar-refractivity contribution >= 4 is 17.6 Å². The number of alkyl halides is 3. The molecule has 0 aliphatic carbocycles. The van der Waals surface area contributed by atoms with E-state index in [0.29, 0.717) is 37.3 Å². The van der Waals surface area contributed by atoms with E-state index in [2.05, 4.69) is 15.6 Å². The first kappa shape index (κ1) is 20.8. The van der Waals surface area contributed by atoms with Crippen LogP contribution in [0, 0.1) is 0 Å². The molecule has 0 atom stereocenters. The number of ether oxygens (including phenoxy) is 1. The minimum absolute atomic E-state index is 0.211. The first-order valence-corrected chi connectivity index (χ1v) is 9.16. The van der Waals surface area contributed by atoms with Crippen molar-refractivity contribution in [3.63, 3.8) is 0 Å². The van der Waals surface area contributed by atoms with Crippen molar-refractivity contribution in [2.75, 3.05) is 32.8 Å². The van der Waals surface area contributed by atoms with Gasteiger partial charge in [-0.05, 0) is 31.4 Å². The fourth-order valence-electron chi connectivity index (χ4n) is 3.06. The summed E-state index contributed by atoms with van der Waals surface area (Å²) in [4.78, 5) is 4.56. The Morgan fingerprint density at radius 1 is 1.23 bits per heavy atom. The monoisotopic (exact) mass is 391 g/mol. The van der Waals surface area contributed by atoms with E-state index in [0.717, 1.165) is 18.4 Å². The van der Waals surface area contributed by atoms with Crippen LogP contribution in [0.1, 0.15) is 31.7 Å². The Labute approximate surface area is 157 Å². The normalized spacial score (nSPS) is 17.8. The van der Waals surface area contributed by atoms with Crippen molar-refractivity contribution < 1.29 is 17.9 Å². The van der Waals surface area contributed by atoms with E-state index in [1.165, 1.54) is 0 Å². The lowest BCUT2D eigenvalue weighted by molar-refractivity contribution is -0.132. The topological polar surface area (TPSA) is 45.7 Å². The molecule has 0 unspecified atom stereocenters. The van der Waals surface area contributed by atoms with Gasteiger partial charge in [-0.3, -0.25) is 4.99 Å². The van der Waals surface area contributed by atoms with Crippen LogP contribution in [-0.4, -0.2) is 45.0 Å². The summed E-state index contributed by atoms with van der Waals surface area (Å²) in [6, 6.07) is 7.66. The third kappa shape index (κ3) is 6.06. The largest absolute Gasteiger partial charge is 0.390 e. The molecule has 26 heavy (non-hydrogen) atoms. The number of halogens is 4. The number of rotatable bonds is 6. The third-order valence-electron chi connectivity index (χ3n) is 4.48. The highest BCUT2D eigenvalue weighted by molar-refractivity contribution is 6.31. The van der Waals surface area contributed by atoms with Crippen LogP contribution in [0.25, 0.3) is 0 Å². The molecule has 0 aromatic heterocycles. The molecular weight excluding hydrogens is 367 g/mol. The predicted molar refractivity (Wildman–Crippen MR) is 97.8 cm³/mol. The fourth-order valence-corrected chi connectivity index (χ4v) is 3.40. The molecule has 1 aromatic rings. The molecule has 8 heteroatoms. The van der Waals surface area contributed by atoms with Crippen molar-refractivity contribution in [1.82, 2.24) is 10.6 Å². The Bertz CT molecular complexity index is 602. The molecule has 0 amide bonds. The molecule has 2 N–H and O–H groups in total. The van der Waals surface area contributed by atoms with Crippen molar-refractivity contribution in [2.24, 2.45) is 4.99 Å². The van der Waals surface area contributed by atoms with Crippen molar-refractivity contribution in [1.29, 1.82) is 0 Å². The van der Waals surface area contributed by atoms with Crippen molar-refractivity contribution in [2.45, 2.75) is 37.8 Å². The summed E-state index contributed by atoms with van der Waals surface area (Å²) in [7, 11) is 0. The van der Waals surface area contributed by atoms with E-state index in [4.69, 9.17) is 16.3 Å². The number of aliphatic imine (C=N–C) groups is 1. The van der Waals surface area contributed by atoms with Crippen LogP contribution in [-0.2, 0) is 10.2 Å². The maximum atomic E-state index is 12.4. The summed E-state index contributed by atoms with van der Waals surface area (Å²) in [5.41, 5.74) is 0.739. The van der Waals surface area contributed by atoms with Crippen LogP contribution >= 0.6 is 11.6 Å². The summed E-state index contributed by atoms with van der Waals surface area (Å²) in [6.07, 6.45) is -3.56. The van der Waals surface area contributed by atoms with Crippen LogP contribution in [0.2, 0.25) is 5.02 Å². The van der Waals surface area contributed by atoms with Crippen molar-refractivity contribution in [3.05, 3.63) is 34.9 Å². The number of nitrogens with one attached hydrogen (secondary N) is 2. The second kappa shape index (κ2) is 9.46. The summed E-state index contributed by atoms with van der Waals surface area (Å²) in [5.74, 6) is 0.384. The lowest BCUT2D eigenvalue weighted by Crippen LogP contribution is -2.42. The summed E-state index contributed by atoms with van der Waals surface area (Å²) >= 11 is 6.41. The quantitative estimate of drug-likeness (QED) is 0.571. The third-order valence-corrected chi connectivity index (χ3v) is 4.81. The second-order valence-corrected chi connectivity index (χ2v) is 6.77. The minimum Gasteiger partial charge on any atom is -0.381 e. The smallest absolute Gasteiger partial charge is 0.381 e. The minimum atomic E-state index is -4.19. The molecule has 1 fully saturated rings. The van der Waals surface area contributed by atoms with E-state index >= 15 is 0 Å². The van der Waals surface area contributed by atoms with Gasteiger partial charge in [0.25, 0.3) is 0 Å². The van der Waals surface area contributed by atoms with Crippen LogP contribution in [0.3, 0.4) is 0 Å². The van der Waals surface area contributed by atoms with Gasteiger partial charge in [0, 0.05) is 36.7 Å². The lowest BCUT2D eigenvalue weighted by atomic mass is 9.74. The first-order chi connectivity index (χ1) is 12.4. The summed E-state index contributed by atoms with van der Waals surface area (Å²) in [5, 5.41) is 6.43. The molecule has 2 rings (SSSR count). The Morgan fingerprint density at radius 2 is 1.92 bits per heavy atom. The Morgan fingerprint density at radius 3 is 2.54 bits per heavy atom. The lowest BCUT2D eigenvalue weighted by Gasteiger charge is -2.37. The van der Waals surface area contributed by atoms with Gasteiger partial charge in [-0.25, -0.2) is 0 Å². The number of hydrogen-bond donors (Lipinski definition) is 2. The highest BCUT2D eigenvalue weighted by atomic mass is 35.5. The van der Waals surface area contributed by atoms with E-state index in [1.807, 2.05) is 31.2 Å². The molecule has 0 radical (unpaired) electrons. The van der Waals surface area contributed by atoms with Gasteiger partial charge in [-0.15, -0.1) is 0 Å². The zero-order chi connectivity index (χ0) is 19.0. The molecule has 1 aromatic carbocycles. The predicted octanol–water partition coefficient (Wildman–Crippen LogP) is 3.90. The van der Waals surface area contributed by atoms with Crippen LogP contribution in [0.4, 0.5) is 13.2 Å². The number of guanidine groups is 1. The van der Waals surface area contributed by atoms with Gasteiger partial charge in [-0.1, -0.05) is 29.8 Å². The molecule has 1 heterocycles.